The van der Waals surface area contributed by atoms with Crippen LogP contribution in [-0.4, -0.2) is 42.9 Å². The fraction of sp³-hybridized carbons (Fsp3) is 0.250. The molecule has 0 saturated heterocycles. The summed E-state index contributed by atoms with van der Waals surface area (Å²) in [6.07, 6.45) is 3.77. The van der Waals surface area contributed by atoms with Crippen LogP contribution in [0.4, 0.5) is 11.4 Å². The normalized spacial score (nSPS) is 13.2. The van der Waals surface area contributed by atoms with Crippen molar-refractivity contribution in [2.45, 2.75) is 11.4 Å². The van der Waals surface area contributed by atoms with Crippen LogP contribution >= 0.6 is 11.8 Å². The smallest absolute Gasteiger partial charge is 0.269 e. The van der Waals surface area contributed by atoms with Gasteiger partial charge in [0.2, 0.25) is 5.91 Å². The number of anilines is 1. The number of benzene rings is 1. The van der Waals surface area contributed by atoms with E-state index in [2.05, 4.69) is 15.1 Å². The Kier molecular flexibility index (Phi) is 4.03. The van der Waals surface area contributed by atoms with Gasteiger partial charge in [-0.1, -0.05) is 11.8 Å². The first kappa shape index (κ1) is 16.5. The van der Waals surface area contributed by atoms with Crippen LogP contribution in [0.3, 0.4) is 0 Å². The standard InChI is InChI=1S/C16H14N6O3S/c1-20-15-12(7-19-20)16(18-9-17-15)26-8-14(23)21-5-4-10-6-11(22(24)25)2-3-13(10)21/h2-3,6-7,9H,4-5,8H2,1H3. The summed E-state index contributed by atoms with van der Waals surface area (Å²) in [7, 11) is 1.80. The molecule has 2 aromatic heterocycles. The molecule has 26 heavy (non-hydrogen) atoms. The number of non-ortho nitro benzene ring substituents is 1. The molecule has 0 saturated carbocycles. The molecule has 0 radical (unpaired) electrons. The van der Waals surface area contributed by atoms with Crippen molar-refractivity contribution in [1.82, 2.24) is 19.7 Å². The monoisotopic (exact) mass is 370 g/mol. The summed E-state index contributed by atoms with van der Waals surface area (Å²) in [6.45, 7) is 0.530. The number of hydrogen-bond acceptors (Lipinski definition) is 7. The van der Waals surface area contributed by atoms with Crippen molar-refractivity contribution in [1.29, 1.82) is 0 Å². The Morgan fingerprint density at radius 1 is 1.38 bits per heavy atom. The van der Waals surface area contributed by atoms with E-state index < -0.39 is 4.92 Å². The summed E-state index contributed by atoms with van der Waals surface area (Å²) >= 11 is 1.34. The molecule has 0 atom stereocenters. The highest BCUT2D eigenvalue weighted by molar-refractivity contribution is 8.00. The second kappa shape index (κ2) is 6.37. The number of nitro groups is 1. The average Bonchev–Trinajstić information content (AvgIpc) is 3.23. The van der Waals surface area contributed by atoms with Gasteiger partial charge in [-0.25, -0.2) is 9.97 Å². The third-order valence-corrected chi connectivity index (χ3v) is 5.29. The van der Waals surface area contributed by atoms with Crippen molar-refractivity contribution in [2.24, 2.45) is 7.05 Å². The van der Waals surface area contributed by atoms with E-state index in [1.165, 1.54) is 24.2 Å². The van der Waals surface area contributed by atoms with Gasteiger partial charge in [0, 0.05) is 31.4 Å². The third kappa shape index (κ3) is 2.77. The largest absolute Gasteiger partial charge is 0.311 e. The first-order valence-electron chi connectivity index (χ1n) is 7.88. The summed E-state index contributed by atoms with van der Waals surface area (Å²) in [4.78, 5) is 33.2. The topological polar surface area (TPSA) is 107 Å². The van der Waals surface area contributed by atoms with Crippen LogP contribution in [-0.2, 0) is 18.3 Å². The number of aryl methyl sites for hydroxylation is 1. The summed E-state index contributed by atoms with van der Waals surface area (Å²) in [6, 6.07) is 4.62. The van der Waals surface area contributed by atoms with Gasteiger partial charge in [0.15, 0.2) is 5.65 Å². The summed E-state index contributed by atoms with van der Waals surface area (Å²) < 4.78 is 1.66. The summed E-state index contributed by atoms with van der Waals surface area (Å²) in [5.74, 6) is 0.163. The summed E-state index contributed by atoms with van der Waals surface area (Å²) in [5.41, 5.74) is 2.34. The van der Waals surface area contributed by atoms with Crippen molar-refractivity contribution < 1.29 is 9.72 Å². The molecule has 0 fully saturated rings. The lowest BCUT2D eigenvalue weighted by atomic mass is 10.1. The molecule has 0 aliphatic carbocycles. The first-order valence-corrected chi connectivity index (χ1v) is 8.86. The second-order valence-corrected chi connectivity index (χ2v) is 6.80. The fourth-order valence-electron chi connectivity index (χ4n) is 3.02. The average molecular weight is 370 g/mol. The maximum atomic E-state index is 12.6. The molecule has 132 valence electrons. The number of rotatable bonds is 4. The minimum absolute atomic E-state index is 0.0485. The van der Waals surface area contributed by atoms with Gasteiger partial charge < -0.3 is 4.90 Å². The third-order valence-electron chi connectivity index (χ3n) is 4.30. The number of hydrogen-bond donors (Lipinski definition) is 0. The molecule has 0 N–H and O–H groups in total. The Morgan fingerprint density at radius 3 is 3.04 bits per heavy atom. The van der Waals surface area contributed by atoms with Gasteiger partial charge in [0.25, 0.3) is 5.69 Å². The molecule has 1 amide bonds. The number of nitrogens with zero attached hydrogens (tertiary/aromatic N) is 6. The Labute approximate surface area is 152 Å². The van der Waals surface area contributed by atoms with Crippen molar-refractivity contribution in [3.05, 3.63) is 46.4 Å². The van der Waals surface area contributed by atoms with Crippen molar-refractivity contribution in [3.63, 3.8) is 0 Å². The van der Waals surface area contributed by atoms with E-state index in [0.717, 1.165) is 16.6 Å². The zero-order valence-electron chi connectivity index (χ0n) is 13.8. The van der Waals surface area contributed by atoms with Crippen molar-refractivity contribution >= 4 is 40.1 Å². The number of aromatic nitrogens is 4. The zero-order valence-corrected chi connectivity index (χ0v) is 14.6. The predicted octanol–water partition coefficient (Wildman–Crippen LogP) is 1.95. The molecule has 0 unspecified atom stereocenters. The van der Waals surface area contributed by atoms with Crippen LogP contribution in [0.5, 0.6) is 0 Å². The number of carbonyl (C=O) groups excluding carboxylic acids is 1. The zero-order chi connectivity index (χ0) is 18.3. The van der Waals surface area contributed by atoms with E-state index in [0.29, 0.717) is 23.6 Å². The molecule has 4 rings (SSSR count). The van der Waals surface area contributed by atoms with Gasteiger partial charge in [-0.2, -0.15) is 5.10 Å². The molecule has 1 aromatic carbocycles. The maximum Gasteiger partial charge on any atom is 0.269 e. The molecule has 3 heterocycles. The predicted molar refractivity (Wildman–Crippen MR) is 96.2 cm³/mol. The SMILES string of the molecule is Cn1ncc2c(SCC(=O)N3CCc4cc([N+](=O)[O-])ccc43)ncnc21. The van der Waals surface area contributed by atoms with E-state index >= 15 is 0 Å². The Bertz CT molecular complexity index is 1030. The van der Waals surface area contributed by atoms with Gasteiger partial charge in [-0.05, 0) is 18.1 Å². The molecular formula is C16H14N6O3S. The minimum atomic E-state index is -0.422. The fourth-order valence-corrected chi connectivity index (χ4v) is 3.86. The van der Waals surface area contributed by atoms with Crippen LogP contribution in [0.25, 0.3) is 11.0 Å². The minimum Gasteiger partial charge on any atom is -0.311 e. The highest BCUT2D eigenvalue weighted by Gasteiger charge is 2.26. The van der Waals surface area contributed by atoms with Crippen LogP contribution in [0.2, 0.25) is 0 Å². The lowest BCUT2D eigenvalue weighted by molar-refractivity contribution is -0.384. The molecular weight excluding hydrogens is 356 g/mol. The van der Waals surface area contributed by atoms with E-state index in [1.54, 1.807) is 35.0 Å². The first-order chi connectivity index (χ1) is 12.5. The molecule has 10 heteroatoms. The molecule has 1 aliphatic rings. The van der Waals surface area contributed by atoms with Crippen LogP contribution in [0.15, 0.2) is 35.7 Å². The maximum absolute atomic E-state index is 12.6. The highest BCUT2D eigenvalue weighted by atomic mass is 32.2. The Balaban J connectivity index is 1.51. The summed E-state index contributed by atoms with van der Waals surface area (Å²) in [5, 5.41) is 16.6. The number of nitro benzene ring substituents is 1. The molecule has 1 aliphatic heterocycles. The highest BCUT2D eigenvalue weighted by Crippen LogP contribution is 2.32. The second-order valence-electron chi connectivity index (χ2n) is 5.84. The van der Waals surface area contributed by atoms with Gasteiger partial charge in [0.1, 0.15) is 11.4 Å². The quantitative estimate of drug-likeness (QED) is 0.299. The Morgan fingerprint density at radius 2 is 2.23 bits per heavy atom. The van der Waals surface area contributed by atoms with Crippen LogP contribution in [0, 0.1) is 10.1 Å². The van der Waals surface area contributed by atoms with Crippen molar-refractivity contribution in [2.75, 3.05) is 17.2 Å². The molecule has 9 nitrogen and oxygen atoms in total. The van der Waals surface area contributed by atoms with Gasteiger partial charge in [0.05, 0.1) is 22.3 Å². The van der Waals surface area contributed by atoms with Gasteiger partial charge in [-0.15, -0.1) is 0 Å². The van der Waals surface area contributed by atoms with Gasteiger partial charge in [-0.3, -0.25) is 19.6 Å². The van der Waals surface area contributed by atoms with Gasteiger partial charge >= 0.3 is 0 Å². The lowest BCUT2D eigenvalue weighted by Crippen LogP contribution is -2.30. The number of amides is 1. The number of carbonyl (C=O) groups is 1. The Hall–Kier alpha value is -3.01. The number of thioether (sulfide) groups is 1. The molecule has 0 spiro atoms. The van der Waals surface area contributed by atoms with Crippen molar-refractivity contribution in [3.8, 4) is 0 Å². The van der Waals surface area contributed by atoms with Crippen LogP contribution in [0.1, 0.15) is 5.56 Å². The van der Waals surface area contributed by atoms with E-state index in [4.69, 9.17) is 0 Å². The van der Waals surface area contributed by atoms with E-state index in [1.807, 2.05) is 0 Å². The number of fused-ring (bicyclic) bond motifs is 2. The lowest BCUT2D eigenvalue weighted by Gasteiger charge is -2.16. The van der Waals surface area contributed by atoms with E-state index in [-0.39, 0.29) is 17.3 Å². The molecule has 0 bridgehead atoms. The molecule has 3 aromatic rings. The van der Waals surface area contributed by atoms with E-state index in [9.17, 15) is 14.9 Å². The van der Waals surface area contributed by atoms with Crippen LogP contribution < -0.4 is 4.90 Å².